The minimum Gasteiger partial charge on any atom is -0.325 e. The van der Waals surface area contributed by atoms with E-state index < -0.39 is 0 Å². The van der Waals surface area contributed by atoms with Crippen molar-refractivity contribution < 1.29 is 0 Å². The number of rotatable bonds is 2. The molecule has 6 nitrogen and oxygen atoms in total. The Hall–Kier alpha value is -3.54. The Balaban J connectivity index is 2.19. The van der Waals surface area contributed by atoms with Crippen LogP contribution in [0.3, 0.4) is 0 Å². The van der Waals surface area contributed by atoms with Gasteiger partial charge in [0.05, 0.1) is 11.4 Å². The van der Waals surface area contributed by atoms with Crippen molar-refractivity contribution in [1.29, 1.82) is 5.41 Å². The van der Waals surface area contributed by atoms with Crippen LogP contribution in [0, 0.1) is 5.41 Å². The van der Waals surface area contributed by atoms with Gasteiger partial charge in [-0.3, -0.25) is 14.8 Å². The third kappa shape index (κ3) is 2.43. The first-order valence-corrected chi connectivity index (χ1v) is 8.21. The molecule has 0 aliphatic carbocycles. The molecule has 2 aliphatic heterocycles. The highest BCUT2D eigenvalue weighted by atomic mass is 16.1. The van der Waals surface area contributed by atoms with Crippen LogP contribution in [0.25, 0.3) is 34.0 Å². The molecule has 128 valence electrons. The smallest absolute Gasteiger partial charge is 0.282 e. The van der Waals surface area contributed by atoms with Gasteiger partial charge in [-0.25, -0.2) is 4.98 Å². The summed E-state index contributed by atoms with van der Waals surface area (Å²) in [5, 5.41) is 7.94. The zero-order valence-electron chi connectivity index (χ0n) is 14.5. The van der Waals surface area contributed by atoms with Crippen LogP contribution in [-0.4, -0.2) is 19.1 Å². The van der Waals surface area contributed by atoms with Gasteiger partial charge < -0.3 is 4.57 Å². The predicted octanol–water partition coefficient (Wildman–Crippen LogP) is 2.43. The van der Waals surface area contributed by atoms with Crippen LogP contribution < -0.4 is 11.2 Å². The van der Waals surface area contributed by atoms with Gasteiger partial charge >= 0.3 is 0 Å². The molecule has 2 aromatic rings. The molecule has 0 bridgehead atoms. The first kappa shape index (κ1) is 16.0. The number of nitrogens with zero attached hydrogens (tertiary/aromatic N) is 4. The second-order valence-corrected chi connectivity index (χ2v) is 6.07. The Bertz CT molecular complexity index is 1180. The topological polar surface area (TPSA) is 76.6 Å². The SMILES string of the molecule is Cn1c2nc(=N)n(C)c(=O)c-2nc(-c2ccccc2)c1-c1ccccc1. The number of nitrogens with one attached hydrogen (secondary N) is 1. The second-order valence-electron chi connectivity index (χ2n) is 6.07. The lowest BCUT2D eigenvalue weighted by molar-refractivity contribution is 0.708. The number of fused-ring (bicyclic) bond motifs is 1. The Morgan fingerprint density at radius 3 is 1.96 bits per heavy atom. The second kappa shape index (κ2) is 6.07. The van der Waals surface area contributed by atoms with Gasteiger partial charge in [-0.1, -0.05) is 60.7 Å². The average molecular weight is 343 g/mol. The molecule has 26 heavy (non-hydrogen) atoms. The van der Waals surface area contributed by atoms with E-state index in [0.29, 0.717) is 11.5 Å². The Kier molecular flexibility index (Phi) is 3.73. The van der Waals surface area contributed by atoms with Crippen molar-refractivity contribution in [3.63, 3.8) is 0 Å². The van der Waals surface area contributed by atoms with E-state index in [1.807, 2.05) is 72.3 Å². The Morgan fingerprint density at radius 2 is 1.35 bits per heavy atom. The summed E-state index contributed by atoms with van der Waals surface area (Å²) in [4.78, 5) is 21.6. The van der Waals surface area contributed by atoms with Gasteiger partial charge in [-0.05, 0) is 0 Å². The summed E-state index contributed by atoms with van der Waals surface area (Å²) < 4.78 is 3.05. The summed E-state index contributed by atoms with van der Waals surface area (Å²) in [6, 6.07) is 19.6. The molecule has 0 aromatic heterocycles. The summed E-state index contributed by atoms with van der Waals surface area (Å²) in [6.45, 7) is 0. The standard InChI is InChI=1S/C20H17N5O/c1-24-17(14-11-7-4-8-12-14)15(13-9-5-3-6-10-13)22-16-18(24)23-20(21)25(2)19(16)26/h3-12,21H,1-2H3. The quantitative estimate of drug-likeness (QED) is 0.607. The minimum absolute atomic E-state index is 0.0913. The molecule has 2 heterocycles. The highest BCUT2D eigenvalue weighted by molar-refractivity contribution is 5.81. The van der Waals surface area contributed by atoms with Crippen LogP contribution in [0.15, 0.2) is 65.5 Å². The first-order valence-electron chi connectivity index (χ1n) is 8.21. The molecule has 6 heteroatoms. The lowest BCUT2D eigenvalue weighted by atomic mass is 10.0. The van der Waals surface area contributed by atoms with Gasteiger partial charge in [-0.15, -0.1) is 0 Å². The van der Waals surface area contributed by atoms with Crippen molar-refractivity contribution in [2.24, 2.45) is 14.1 Å². The molecular weight excluding hydrogens is 326 g/mol. The van der Waals surface area contributed by atoms with E-state index >= 15 is 0 Å². The molecule has 0 fully saturated rings. The third-order valence-electron chi connectivity index (χ3n) is 4.44. The van der Waals surface area contributed by atoms with Crippen LogP contribution in [0.2, 0.25) is 0 Å². The fourth-order valence-corrected chi connectivity index (χ4v) is 3.06. The van der Waals surface area contributed by atoms with Crippen molar-refractivity contribution >= 4 is 0 Å². The van der Waals surface area contributed by atoms with E-state index in [9.17, 15) is 4.79 Å². The predicted molar refractivity (Wildman–Crippen MR) is 99.6 cm³/mol. The van der Waals surface area contributed by atoms with E-state index in [1.165, 1.54) is 11.6 Å². The number of hydrogen-bond donors (Lipinski definition) is 1. The monoisotopic (exact) mass is 343 g/mol. The summed E-state index contributed by atoms with van der Waals surface area (Å²) in [5.74, 6) is 0.400. The maximum atomic E-state index is 12.7. The van der Waals surface area contributed by atoms with Crippen molar-refractivity contribution in [3.05, 3.63) is 76.6 Å². The molecule has 0 atom stereocenters. The minimum atomic E-state index is -0.326. The van der Waals surface area contributed by atoms with Crippen LogP contribution in [0.5, 0.6) is 0 Å². The molecule has 4 rings (SSSR count). The summed E-state index contributed by atoms with van der Waals surface area (Å²) >= 11 is 0. The average Bonchev–Trinajstić information content (AvgIpc) is 2.68. The molecule has 0 spiro atoms. The molecule has 0 amide bonds. The molecule has 2 aromatic carbocycles. The van der Waals surface area contributed by atoms with E-state index in [2.05, 4.69) is 9.97 Å². The van der Waals surface area contributed by atoms with Crippen molar-refractivity contribution in [2.75, 3.05) is 0 Å². The van der Waals surface area contributed by atoms with Crippen LogP contribution in [-0.2, 0) is 14.1 Å². The van der Waals surface area contributed by atoms with Gasteiger partial charge in [0.15, 0.2) is 11.5 Å². The molecule has 0 radical (unpaired) electrons. The summed E-state index contributed by atoms with van der Waals surface area (Å²) in [5.41, 5.74) is 3.29. The Morgan fingerprint density at radius 1 is 0.769 bits per heavy atom. The van der Waals surface area contributed by atoms with E-state index in [4.69, 9.17) is 5.41 Å². The lowest BCUT2D eigenvalue weighted by Gasteiger charge is -2.19. The van der Waals surface area contributed by atoms with Crippen LogP contribution >= 0.6 is 0 Å². The third-order valence-corrected chi connectivity index (χ3v) is 4.44. The molecule has 0 saturated heterocycles. The largest absolute Gasteiger partial charge is 0.325 e. The first-order chi connectivity index (χ1) is 12.6. The molecule has 2 aliphatic rings. The van der Waals surface area contributed by atoms with Crippen LogP contribution in [0.1, 0.15) is 0 Å². The normalized spacial score (nSPS) is 11.0. The summed E-state index contributed by atoms with van der Waals surface area (Å²) in [7, 11) is 3.39. The number of aromatic nitrogens is 4. The van der Waals surface area contributed by atoms with Crippen molar-refractivity contribution in [1.82, 2.24) is 19.1 Å². The zero-order valence-corrected chi connectivity index (χ0v) is 14.5. The van der Waals surface area contributed by atoms with E-state index in [1.54, 1.807) is 0 Å². The van der Waals surface area contributed by atoms with Gasteiger partial charge in [-0.2, -0.15) is 4.98 Å². The molecule has 0 unspecified atom stereocenters. The molecule has 1 N–H and O–H groups in total. The highest BCUT2D eigenvalue weighted by Crippen LogP contribution is 2.33. The van der Waals surface area contributed by atoms with E-state index in [0.717, 1.165) is 16.8 Å². The molecular formula is C20H17N5O. The van der Waals surface area contributed by atoms with Gasteiger partial charge in [0, 0.05) is 25.2 Å². The fraction of sp³-hybridized carbons (Fsp3) is 0.100. The van der Waals surface area contributed by atoms with E-state index in [-0.39, 0.29) is 16.9 Å². The summed E-state index contributed by atoms with van der Waals surface area (Å²) in [6.07, 6.45) is 0. The Labute approximate surface area is 149 Å². The number of hydrogen-bond acceptors (Lipinski definition) is 4. The van der Waals surface area contributed by atoms with Gasteiger partial charge in [0.1, 0.15) is 0 Å². The fourth-order valence-electron chi connectivity index (χ4n) is 3.06. The lowest BCUT2D eigenvalue weighted by Crippen LogP contribution is -2.36. The number of benzene rings is 2. The van der Waals surface area contributed by atoms with Gasteiger partial charge in [0.2, 0.25) is 5.62 Å². The van der Waals surface area contributed by atoms with Crippen molar-refractivity contribution in [2.45, 2.75) is 0 Å². The van der Waals surface area contributed by atoms with Crippen LogP contribution in [0.4, 0.5) is 0 Å². The highest BCUT2D eigenvalue weighted by Gasteiger charge is 2.22. The van der Waals surface area contributed by atoms with Gasteiger partial charge in [0.25, 0.3) is 5.56 Å². The van der Waals surface area contributed by atoms with Crippen molar-refractivity contribution in [3.8, 4) is 34.0 Å². The maximum absolute atomic E-state index is 12.7. The molecule has 0 saturated carbocycles. The zero-order chi connectivity index (χ0) is 18.3. The maximum Gasteiger partial charge on any atom is 0.282 e.